The standard InChI is InChI=1S/C15H21N3O2S.HI/c1-2-16-15(17-8-7-12-5-4-10-21-12)18-11-13(19)14-6-3-9-20-14;/h3-6,9-10,13,19H,2,7-8,11H2,1H3,(H2,16,17,18);1H. The average Bonchev–Trinajstić information content (AvgIpc) is 3.17. The monoisotopic (exact) mass is 435 g/mol. The zero-order valence-corrected chi connectivity index (χ0v) is 15.6. The number of halogens is 1. The second kappa shape index (κ2) is 10.6. The molecule has 0 fully saturated rings. The van der Waals surface area contributed by atoms with Crippen LogP contribution < -0.4 is 10.6 Å². The van der Waals surface area contributed by atoms with Crippen LogP contribution in [-0.2, 0) is 6.42 Å². The van der Waals surface area contributed by atoms with Crippen molar-refractivity contribution in [3.8, 4) is 0 Å². The third kappa shape index (κ3) is 6.37. The van der Waals surface area contributed by atoms with Crippen molar-refractivity contribution in [2.75, 3.05) is 19.6 Å². The van der Waals surface area contributed by atoms with Crippen LogP contribution >= 0.6 is 35.3 Å². The summed E-state index contributed by atoms with van der Waals surface area (Å²) in [5.41, 5.74) is 0. The van der Waals surface area contributed by atoms with Crippen LogP contribution in [0.15, 0.2) is 45.3 Å². The molecule has 2 rings (SSSR count). The van der Waals surface area contributed by atoms with Gasteiger partial charge in [-0.05, 0) is 36.9 Å². The third-order valence-electron chi connectivity index (χ3n) is 2.88. The highest BCUT2D eigenvalue weighted by molar-refractivity contribution is 14.0. The molecule has 5 nitrogen and oxygen atoms in total. The quantitative estimate of drug-likeness (QED) is 0.356. The van der Waals surface area contributed by atoms with Gasteiger partial charge in [0.2, 0.25) is 0 Å². The molecule has 0 saturated heterocycles. The van der Waals surface area contributed by atoms with Gasteiger partial charge >= 0.3 is 0 Å². The van der Waals surface area contributed by atoms with Crippen LogP contribution in [0.2, 0.25) is 0 Å². The van der Waals surface area contributed by atoms with E-state index in [2.05, 4.69) is 33.1 Å². The van der Waals surface area contributed by atoms with Gasteiger partial charge in [-0.25, -0.2) is 0 Å². The lowest BCUT2D eigenvalue weighted by atomic mass is 10.3. The highest BCUT2D eigenvalue weighted by atomic mass is 127. The lowest BCUT2D eigenvalue weighted by molar-refractivity contribution is 0.158. The Morgan fingerprint density at radius 2 is 2.23 bits per heavy atom. The van der Waals surface area contributed by atoms with Gasteiger partial charge < -0.3 is 20.2 Å². The number of rotatable bonds is 7. The lowest BCUT2D eigenvalue weighted by Gasteiger charge is -2.12. The van der Waals surface area contributed by atoms with Crippen LogP contribution in [0.3, 0.4) is 0 Å². The molecule has 1 unspecified atom stereocenters. The molecule has 0 aliphatic carbocycles. The minimum Gasteiger partial charge on any atom is -0.467 e. The van der Waals surface area contributed by atoms with Gasteiger partial charge in [-0.1, -0.05) is 6.07 Å². The Morgan fingerprint density at radius 1 is 1.36 bits per heavy atom. The molecule has 22 heavy (non-hydrogen) atoms. The fraction of sp³-hybridized carbons (Fsp3) is 0.400. The summed E-state index contributed by atoms with van der Waals surface area (Å²) in [5.74, 6) is 1.24. The first kappa shape index (κ1) is 19.0. The maximum Gasteiger partial charge on any atom is 0.191 e. The summed E-state index contributed by atoms with van der Waals surface area (Å²) in [6.45, 7) is 3.87. The predicted octanol–water partition coefficient (Wildman–Crippen LogP) is 2.79. The van der Waals surface area contributed by atoms with Crippen LogP contribution in [0.5, 0.6) is 0 Å². The van der Waals surface area contributed by atoms with E-state index in [4.69, 9.17) is 4.42 Å². The van der Waals surface area contributed by atoms with Crippen molar-refractivity contribution in [1.29, 1.82) is 0 Å². The van der Waals surface area contributed by atoms with Gasteiger partial charge in [-0.15, -0.1) is 35.3 Å². The van der Waals surface area contributed by atoms with Crippen molar-refractivity contribution >= 4 is 41.3 Å². The number of aliphatic hydroxyl groups is 1. The SMILES string of the molecule is CCNC(=NCC(O)c1ccco1)NCCc1cccs1.I. The first-order chi connectivity index (χ1) is 10.3. The number of nitrogens with zero attached hydrogens (tertiary/aromatic N) is 1. The van der Waals surface area contributed by atoms with E-state index in [0.29, 0.717) is 11.7 Å². The van der Waals surface area contributed by atoms with E-state index in [-0.39, 0.29) is 30.5 Å². The second-order valence-corrected chi connectivity index (χ2v) is 5.54. The summed E-state index contributed by atoms with van der Waals surface area (Å²) in [4.78, 5) is 5.72. The molecule has 0 bridgehead atoms. The molecule has 0 amide bonds. The van der Waals surface area contributed by atoms with E-state index in [1.54, 1.807) is 29.7 Å². The van der Waals surface area contributed by atoms with E-state index < -0.39 is 6.10 Å². The molecule has 0 aliphatic rings. The van der Waals surface area contributed by atoms with Crippen LogP contribution in [0.25, 0.3) is 0 Å². The van der Waals surface area contributed by atoms with Crippen LogP contribution in [0.4, 0.5) is 0 Å². The van der Waals surface area contributed by atoms with E-state index >= 15 is 0 Å². The molecule has 3 N–H and O–H groups in total. The van der Waals surface area contributed by atoms with Gasteiger partial charge in [0.15, 0.2) is 5.96 Å². The Kier molecular flexibility index (Phi) is 9.17. The zero-order chi connectivity index (χ0) is 14.9. The molecular weight excluding hydrogens is 413 g/mol. The van der Waals surface area contributed by atoms with Gasteiger partial charge in [0, 0.05) is 18.0 Å². The molecule has 0 radical (unpaired) electrons. The molecule has 0 spiro atoms. The summed E-state index contributed by atoms with van der Waals surface area (Å²) < 4.78 is 5.16. The van der Waals surface area contributed by atoms with Crippen LogP contribution in [0.1, 0.15) is 23.7 Å². The van der Waals surface area contributed by atoms with Gasteiger partial charge in [0.25, 0.3) is 0 Å². The Morgan fingerprint density at radius 3 is 2.86 bits per heavy atom. The number of guanidine groups is 1. The highest BCUT2D eigenvalue weighted by Crippen LogP contribution is 2.12. The maximum absolute atomic E-state index is 9.95. The predicted molar refractivity (Wildman–Crippen MR) is 101 cm³/mol. The molecule has 2 heterocycles. The Labute approximate surface area is 151 Å². The smallest absolute Gasteiger partial charge is 0.191 e. The number of aliphatic imine (C=N–C) groups is 1. The first-order valence-electron chi connectivity index (χ1n) is 7.05. The molecule has 122 valence electrons. The van der Waals surface area contributed by atoms with E-state index in [1.165, 1.54) is 4.88 Å². The summed E-state index contributed by atoms with van der Waals surface area (Å²) in [6.07, 6.45) is 1.79. The summed E-state index contributed by atoms with van der Waals surface area (Å²) >= 11 is 1.75. The van der Waals surface area contributed by atoms with Gasteiger partial charge in [0.05, 0.1) is 12.8 Å². The molecule has 1 atom stereocenters. The van der Waals surface area contributed by atoms with Crippen molar-refractivity contribution < 1.29 is 9.52 Å². The van der Waals surface area contributed by atoms with Gasteiger partial charge in [-0.2, -0.15) is 0 Å². The van der Waals surface area contributed by atoms with E-state index in [0.717, 1.165) is 19.5 Å². The topological polar surface area (TPSA) is 69.8 Å². The highest BCUT2D eigenvalue weighted by Gasteiger charge is 2.09. The van der Waals surface area contributed by atoms with Gasteiger partial charge in [0.1, 0.15) is 11.9 Å². The minimum atomic E-state index is -0.715. The number of hydrogen-bond donors (Lipinski definition) is 3. The number of thiophene rings is 1. The van der Waals surface area contributed by atoms with E-state index in [1.807, 2.05) is 6.92 Å². The Balaban J connectivity index is 0.00000242. The molecular formula is C15H22IN3O2S. The maximum atomic E-state index is 9.95. The van der Waals surface area contributed by atoms with Crippen molar-refractivity contribution in [2.24, 2.45) is 4.99 Å². The van der Waals surface area contributed by atoms with Crippen molar-refractivity contribution in [1.82, 2.24) is 10.6 Å². The first-order valence-corrected chi connectivity index (χ1v) is 7.93. The Hall–Kier alpha value is -1.06. The molecule has 2 aromatic heterocycles. The van der Waals surface area contributed by atoms with Crippen LogP contribution in [0, 0.1) is 0 Å². The number of furan rings is 1. The third-order valence-corrected chi connectivity index (χ3v) is 3.82. The fourth-order valence-electron chi connectivity index (χ4n) is 1.85. The van der Waals surface area contributed by atoms with Crippen molar-refractivity contribution in [3.05, 3.63) is 46.5 Å². The van der Waals surface area contributed by atoms with Crippen LogP contribution in [-0.4, -0.2) is 30.7 Å². The van der Waals surface area contributed by atoms with E-state index in [9.17, 15) is 5.11 Å². The lowest BCUT2D eigenvalue weighted by Crippen LogP contribution is -2.38. The number of hydrogen-bond acceptors (Lipinski definition) is 4. The molecule has 2 aromatic rings. The van der Waals surface area contributed by atoms with Gasteiger partial charge in [-0.3, -0.25) is 4.99 Å². The molecule has 0 aromatic carbocycles. The second-order valence-electron chi connectivity index (χ2n) is 4.51. The minimum absolute atomic E-state index is 0. The number of aliphatic hydroxyl groups excluding tert-OH is 1. The molecule has 7 heteroatoms. The zero-order valence-electron chi connectivity index (χ0n) is 12.5. The average molecular weight is 435 g/mol. The van der Waals surface area contributed by atoms with Crippen molar-refractivity contribution in [2.45, 2.75) is 19.4 Å². The van der Waals surface area contributed by atoms with Crippen molar-refractivity contribution in [3.63, 3.8) is 0 Å². The normalized spacial score (nSPS) is 12.5. The Bertz CT molecular complexity index is 529. The fourth-order valence-corrected chi connectivity index (χ4v) is 2.56. The molecule has 0 saturated carbocycles. The number of nitrogens with one attached hydrogen (secondary N) is 2. The summed E-state index contributed by atoms with van der Waals surface area (Å²) in [6, 6.07) is 7.68. The molecule has 0 aliphatic heterocycles. The summed E-state index contributed by atoms with van der Waals surface area (Å²) in [7, 11) is 0. The largest absolute Gasteiger partial charge is 0.467 e. The summed E-state index contributed by atoms with van der Waals surface area (Å²) in [5, 5.41) is 18.5.